The van der Waals surface area contributed by atoms with E-state index in [0.717, 1.165) is 42.9 Å². The Morgan fingerprint density at radius 3 is 2.33 bits per heavy atom. The molecule has 2 fully saturated rings. The summed E-state index contributed by atoms with van der Waals surface area (Å²) in [4.78, 5) is 29.6. The molecule has 8 nitrogen and oxygen atoms in total. The number of carbonyl (C=O) groups is 2. The van der Waals surface area contributed by atoms with Gasteiger partial charge in [0.15, 0.2) is 11.5 Å². The molecule has 8 heteroatoms. The SMILES string of the molecule is COc1ccccc1CN1CCN(C(=O)CCC2(Cc3ccc(OC)c(OC)c3)CCC(=O)N2)CC1. The van der Waals surface area contributed by atoms with Crippen molar-refractivity contribution >= 4 is 11.8 Å². The smallest absolute Gasteiger partial charge is 0.222 e. The molecule has 2 aliphatic rings. The monoisotopic (exact) mass is 495 g/mol. The lowest BCUT2D eigenvalue weighted by Gasteiger charge is -2.36. The summed E-state index contributed by atoms with van der Waals surface area (Å²) in [5.41, 5.74) is 1.79. The lowest BCUT2D eigenvalue weighted by atomic mass is 9.84. The van der Waals surface area contributed by atoms with Gasteiger partial charge in [0.1, 0.15) is 5.75 Å². The molecule has 194 valence electrons. The number of hydrogen-bond donors (Lipinski definition) is 1. The van der Waals surface area contributed by atoms with E-state index in [0.29, 0.717) is 50.3 Å². The van der Waals surface area contributed by atoms with E-state index in [1.807, 2.05) is 41.3 Å². The first-order chi connectivity index (χ1) is 17.4. The van der Waals surface area contributed by atoms with Gasteiger partial charge in [-0.05, 0) is 43.0 Å². The molecule has 2 amide bonds. The van der Waals surface area contributed by atoms with E-state index in [1.165, 1.54) is 0 Å². The minimum absolute atomic E-state index is 0.0490. The highest BCUT2D eigenvalue weighted by molar-refractivity contribution is 5.80. The molecule has 0 aliphatic carbocycles. The van der Waals surface area contributed by atoms with Crippen molar-refractivity contribution in [1.82, 2.24) is 15.1 Å². The maximum atomic E-state index is 13.1. The van der Waals surface area contributed by atoms with Gasteiger partial charge in [-0.1, -0.05) is 24.3 Å². The second kappa shape index (κ2) is 11.6. The van der Waals surface area contributed by atoms with Gasteiger partial charge in [-0.25, -0.2) is 0 Å². The van der Waals surface area contributed by atoms with Crippen LogP contribution in [0.4, 0.5) is 0 Å². The van der Waals surface area contributed by atoms with Crippen molar-refractivity contribution in [3.05, 3.63) is 53.6 Å². The van der Waals surface area contributed by atoms with Crippen molar-refractivity contribution in [3.8, 4) is 17.2 Å². The lowest BCUT2D eigenvalue weighted by molar-refractivity contribution is -0.133. The Morgan fingerprint density at radius 1 is 0.944 bits per heavy atom. The third-order valence-corrected chi connectivity index (χ3v) is 7.35. The first-order valence-corrected chi connectivity index (χ1v) is 12.6. The van der Waals surface area contributed by atoms with Crippen LogP contribution in [-0.4, -0.2) is 74.7 Å². The van der Waals surface area contributed by atoms with E-state index in [2.05, 4.69) is 16.3 Å². The van der Waals surface area contributed by atoms with Crippen molar-refractivity contribution in [3.63, 3.8) is 0 Å². The van der Waals surface area contributed by atoms with Gasteiger partial charge in [-0.2, -0.15) is 0 Å². The number of para-hydroxylation sites is 1. The maximum Gasteiger partial charge on any atom is 0.222 e. The van der Waals surface area contributed by atoms with E-state index >= 15 is 0 Å². The zero-order valence-corrected chi connectivity index (χ0v) is 21.5. The number of ether oxygens (including phenoxy) is 3. The molecule has 2 aliphatic heterocycles. The van der Waals surface area contributed by atoms with Crippen LogP contribution in [0.5, 0.6) is 17.2 Å². The minimum atomic E-state index is -0.419. The summed E-state index contributed by atoms with van der Waals surface area (Å²) < 4.78 is 16.3. The van der Waals surface area contributed by atoms with Gasteiger partial charge in [-0.3, -0.25) is 14.5 Å². The van der Waals surface area contributed by atoms with Crippen molar-refractivity contribution in [2.24, 2.45) is 0 Å². The Morgan fingerprint density at radius 2 is 1.67 bits per heavy atom. The van der Waals surface area contributed by atoms with Crippen LogP contribution in [0.15, 0.2) is 42.5 Å². The second-order valence-electron chi connectivity index (χ2n) is 9.66. The standard InChI is InChI=1S/C28H37N3O5/c1-34-23-7-5-4-6-22(23)20-30-14-16-31(17-15-30)27(33)11-13-28(12-10-26(32)29-28)19-21-8-9-24(35-2)25(18-21)36-3/h4-9,18H,10-17,19-20H2,1-3H3,(H,29,32). The number of carbonyl (C=O) groups excluding carboxylic acids is 2. The Labute approximate surface area is 213 Å². The number of nitrogens with one attached hydrogen (secondary N) is 1. The summed E-state index contributed by atoms with van der Waals surface area (Å²) >= 11 is 0. The molecule has 0 radical (unpaired) electrons. The summed E-state index contributed by atoms with van der Waals surface area (Å²) in [6, 6.07) is 13.9. The normalized spacial score (nSPS) is 20.2. The van der Waals surface area contributed by atoms with Crippen LogP contribution in [0.3, 0.4) is 0 Å². The summed E-state index contributed by atoms with van der Waals surface area (Å²) in [6.45, 7) is 3.90. The van der Waals surface area contributed by atoms with Gasteiger partial charge in [0, 0.05) is 56.7 Å². The average molecular weight is 496 g/mol. The fourth-order valence-corrected chi connectivity index (χ4v) is 5.30. The van der Waals surface area contributed by atoms with Gasteiger partial charge in [-0.15, -0.1) is 0 Å². The highest BCUT2D eigenvalue weighted by Crippen LogP contribution is 2.34. The van der Waals surface area contributed by atoms with Crippen LogP contribution < -0.4 is 19.5 Å². The summed E-state index contributed by atoms with van der Waals surface area (Å²) in [7, 11) is 4.92. The minimum Gasteiger partial charge on any atom is -0.496 e. The summed E-state index contributed by atoms with van der Waals surface area (Å²) in [5, 5.41) is 3.18. The van der Waals surface area contributed by atoms with Crippen LogP contribution in [-0.2, 0) is 22.6 Å². The Balaban J connectivity index is 1.33. The number of piperazine rings is 1. The van der Waals surface area contributed by atoms with Crippen LogP contribution in [0.1, 0.15) is 36.8 Å². The van der Waals surface area contributed by atoms with E-state index < -0.39 is 5.54 Å². The molecule has 0 spiro atoms. The van der Waals surface area contributed by atoms with Gasteiger partial charge in [0.25, 0.3) is 0 Å². The molecule has 1 N–H and O–H groups in total. The third-order valence-electron chi connectivity index (χ3n) is 7.35. The fourth-order valence-electron chi connectivity index (χ4n) is 5.30. The highest BCUT2D eigenvalue weighted by Gasteiger charge is 2.38. The number of amides is 2. The number of hydrogen-bond acceptors (Lipinski definition) is 6. The number of nitrogens with zero attached hydrogens (tertiary/aromatic N) is 2. The first-order valence-electron chi connectivity index (χ1n) is 12.6. The van der Waals surface area contributed by atoms with Crippen molar-refractivity contribution in [2.45, 2.75) is 44.2 Å². The zero-order valence-electron chi connectivity index (χ0n) is 21.5. The van der Waals surface area contributed by atoms with Crippen molar-refractivity contribution < 1.29 is 23.8 Å². The topological polar surface area (TPSA) is 80.3 Å². The predicted molar refractivity (Wildman–Crippen MR) is 137 cm³/mol. The summed E-state index contributed by atoms with van der Waals surface area (Å²) in [5.74, 6) is 2.43. The number of rotatable bonds is 10. The molecule has 0 bridgehead atoms. The van der Waals surface area contributed by atoms with E-state index in [1.54, 1.807) is 21.3 Å². The molecule has 36 heavy (non-hydrogen) atoms. The fraction of sp³-hybridized carbons (Fsp3) is 0.500. The quantitative estimate of drug-likeness (QED) is 0.546. The van der Waals surface area contributed by atoms with Crippen LogP contribution in [0, 0.1) is 0 Å². The zero-order chi connectivity index (χ0) is 25.5. The second-order valence-corrected chi connectivity index (χ2v) is 9.66. The predicted octanol–water partition coefficient (Wildman–Crippen LogP) is 3.03. The van der Waals surface area contributed by atoms with Crippen LogP contribution >= 0.6 is 0 Å². The number of benzene rings is 2. The molecule has 2 aromatic carbocycles. The molecular weight excluding hydrogens is 458 g/mol. The summed E-state index contributed by atoms with van der Waals surface area (Å²) in [6.07, 6.45) is 2.90. The van der Waals surface area contributed by atoms with Gasteiger partial charge in [0.05, 0.1) is 21.3 Å². The Hall–Kier alpha value is -3.26. The molecular formula is C28H37N3O5. The third kappa shape index (κ3) is 6.10. The van der Waals surface area contributed by atoms with Crippen molar-refractivity contribution in [1.29, 1.82) is 0 Å². The molecule has 1 unspecified atom stereocenters. The van der Waals surface area contributed by atoms with Crippen LogP contribution in [0.2, 0.25) is 0 Å². The molecule has 0 aromatic heterocycles. The molecule has 4 rings (SSSR count). The first kappa shape index (κ1) is 25.8. The molecule has 2 aromatic rings. The van der Waals surface area contributed by atoms with Gasteiger partial charge in [0.2, 0.25) is 11.8 Å². The number of methoxy groups -OCH3 is 3. The van der Waals surface area contributed by atoms with E-state index in [4.69, 9.17) is 14.2 Å². The van der Waals surface area contributed by atoms with Gasteiger partial charge >= 0.3 is 0 Å². The van der Waals surface area contributed by atoms with Crippen LogP contribution in [0.25, 0.3) is 0 Å². The van der Waals surface area contributed by atoms with E-state index in [-0.39, 0.29) is 11.8 Å². The lowest BCUT2D eigenvalue weighted by Crippen LogP contribution is -2.49. The molecule has 2 saturated heterocycles. The maximum absolute atomic E-state index is 13.1. The Kier molecular flexibility index (Phi) is 8.36. The van der Waals surface area contributed by atoms with E-state index in [9.17, 15) is 9.59 Å². The van der Waals surface area contributed by atoms with Crippen molar-refractivity contribution in [2.75, 3.05) is 47.5 Å². The largest absolute Gasteiger partial charge is 0.496 e. The molecule has 0 saturated carbocycles. The van der Waals surface area contributed by atoms with Gasteiger partial charge < -0.3 is 24.4 Å². The highest BCUT2D eigenvalue weighted by atomic mass is 16.5. The molecule has 2 heterocycles. The Bertz CT molecular complexity index is 1070. The average Bonchev–Trinajstić information content (AvgIpc) is 3.28. The molecule has 1 atom stereocenters.